The highest BCUT2D eigenvalue weighted by molar-refractivity contribution is 5.83. The summed E-state index contributed by atoms with van der Waals surface area (Å²) in [5.41, 5.74) is 18.1. The van der Waals surface area contributed by atoms with Crippen molar-refractivity contribution in [2.75, 3.05) is 26.8 Å². The Kier molecular flexibility index (Phi) is 9.11. The number of amides is 2. The van der Waals surface area contributed by atoms with Crippen LogP contribution in [0.2, 0.25) is 0 Å². The predicted octanol–water partition coefficient (Wildman–Crippen LogP) is 4.17. The molecule has 0 aliphatic carbocycles. The van der Waals surface area contributed by atoms with Gasteiger partial charge in [-0.2, -0.15) is 0 Å². The van der Waals surface area contributed by atoms with E-state index in [1.165, 1.54) is 0 Å². The fraction of sp³-hybridized carbons (Fsp3) is 0.412. The van der Waals surface area contributed by atoms with E-state index >= 15 is 0 Å². The highest BCUT2D eigenvalue weighted by Crippen LogP contribution is 2.34. The number of rotatable bonds is 10. The standard InChI is InChI=1S/C34H42N8O3/c1-3-25(35)33(43)41-16-4-6-29(41)31-37-18-27(39-31)23-12-8-21(9-13-23)22-10-14-24(15-11-22)28-19-38-32(40-28)30-7-5-17-42(30)34(44)26(36)20-45-2/h8-15,18-19,25-26,29-30H,3-7,16-17,20,35-36H2,1-2H3,(H,37,39)(H,38,40)/t25-,26-,29-,30-/m0/s1. The summed E-state index contributed by atoms with van der Waals surface area (Å²) < 4.78 is 5.08. The van der Waals surface area contributed by atoms with Crippen LogP contribution < -0.4 is 11.5 Å². The van der Waals surface area contributed by atoms with Crippen molar-refractivity contribution in [1.29, 1.82) is 0 Å². The van der Waals surface area contributed by atoms with E-state index in [0.717, 1.165) is 71.0 Å². The van der Waals surface area contributed by atoms with Gasteiger partial charge >= 0.3 is 0 Å². The van der Waals surface area contributed by atoms with Gasteiger partial charge in [0.25, 0.3) is 0 Å². The molecule has 4 aromatic rings. The van der Waals surface area contributed by atoms with Crippen molar-refractivity contribution < 1.29 is 14.3 Å². The molecule has 4 heterocycles. The Balaban J connectivity index is 1.12. The van der Waals surface area contributed by atoms with Crippen molar-refractivity contribution in [3.05, 3.63) is 72.6 Å². The van der Waals surface area contributed by atoms with Crippen molar-refractivity contribution in [2.45, 2.75) is 63.2 Å². The molecule has 0 saturated carbocycles. The third-order valence-electron chi connectivity index (χ3n) is 9.04. The summed E-state index contributed by atoms with van der Waals surface area (Å²) in [5.74, 6) is 1.48. The van der Waals surface area contributed by atoms with Gasteiger partial charge in [0.2, 0.25) is 11.8 Å². The Morgan fingerprint density at radius 2 is 1.20 bits per heavy atom. The number of carbonyl (C=O) groups excluding carboxylic acids is 2. The minimum absolute atomic E-state index is 0.00263. The lowest BCUT2D eigenvalue weighted by molar-refractivity contribution is -0.135. The number of imidazole rings is 2. The largest absolute Gasteiger partial charge is 0.383 e. The summed E-state index contributed by atoms with van der Waals surface area (Å²) in [6.07, 6.45) is 7.88. The second-order valence-corrected chi connectivity index (χ2v) is 12.0. The zero-order valence-electron chi connectivity index (χ0n) is 25.9. The van der Waals surface area contributed by atoms with Gasteiger partial charge in [0.05, 0.1) is 48.5 Å². The van der Waals surface area contributed by atoms with Crippen LogP contribution in [0, 0.1) is 0 Å². The maximum Gasteiger partial charge on any atom is 0.242 e. The minimum atomic E-state index is -0.673. The number of aromatic amines is 2. The number of likely N-dealkylation sites (tertiary alicyclic amines) is 2. The van der Waals surface area contributed by atoms with Gasteiger partial charge in [0.15, 0.2) is 0 Å². The number of nitrogens with two attached hydrogens (primary N) is 2. The molecule has 2 aromatic carbocycles. The van der Waals surface area contributed by atoms with Crippen LogP contribution in [0.4, 0.5) is 0 Å². The number of nitrogens with zero attached hydrogens (tertiary/aromatic N) is 4. The average molecular weight is 611 g/mol. The zero-order valence-corrected chi connectivity index (χ0v) is 25.9. The van der Waals surface area contributed by atoms with Gasteiger partial charge in [-0.05, 0) is 54.4 Å². The Hall–Kier alpha value is -4.32. The first-order valence-corrected chi connectivity index (χ1v) is 15.8. The highest BCUT2D eigenvalue weighted by Gasteiger charge is 2.35. The molecule has 2 aliphatic heterocycles. The number of ether oxygens (including phenoxy) is 1. The molecule has 4 atom stereocenters. The van der Waals surface area contributed by atoms with Gasteiger partial charge in [-0.25, -0.2) is 9.97 Å². The summed E-state index contributed by atoms with van der Waals surface area (Å²) in [6.45, 7) is 3.51. The fourth-order valence-corrected chi connectivity index (χ4v) is 6.47. The lowest BCUT2D eigenvalue weighted by Gasteiger charge is -2.26. The number of hydrogen-bond acceptors (Lipinski definition) is 7. The third-order valence-corrected chi connectivity index (χ3v) is 9.04. The number of benzene rings is 2. The number of hydrogen-bond donors (Lipinski definition) is 4. The average Bonchev–Trinajstić information content (AvgIpc) is 3.90. The maximum absolute atomic E-state index is 12.8. The number of carbonyl (C=O) groups is 2. The first kappa shape index (κ1) is 30.7. The van der Waals surface area contributed by atoms with E-state index in [0.29, 0.717) is 19.5 Å². The molecule has 0 spiro atoms. The van der Waals surface area contributed by atoms with Crippen LogP contribution in [-0.2, 0) is 14.3 Å². The SMILES string of the molecule is CC[C@H](N)C(=O)N1CCC[C@H]1c1ncc(-c2ccc(-c3ccc(-c4cnc([C@@H]5CCCN5C(=O)[C@@H](N)COC)[nH]4)cc3)cc2)[nH]1. The van der Waals surface area contributed by atoms with Crippen LogP contribution in [0.3, 0.4) is 0 Å². The Labute approximate surface area is 263 Å². The summed E-state index contributed by atoms with van der Waals surface area (Å²) in [7, 11) is 1.55. The molecule has 2 saturated heterocycles. The van der Waals surface area contributed by atoms with Crippen molar-refractivity contribution in [2.24, 2.45) is 11.5 Å². The van der Waals surface area contributed by atoms with Crippen molar-refractivity contribution in [1.82, 2.24) is 29.7 Å². The minimum Gasteiger partial charge on any atom is -0.383 e. The Morgan fingerprint density at radius 3 is 1.62 bits per heavy atom. The van der Waals surface area contributed by atoms with Crippen LogP contribution in [0.1, 0.15) is 62.8 Å². The molecule has 0 radical (unpaired) electrons. The lowest BCUT2D eigenvalue weighted by Crippen LogP contribution is -2.45. The molecular weight excluding hydrogens is 568 g/mol. The van der Waals surface area contributed by atoms with E-state index < -0.39 is 12.1 Å². The van der Waals surface area contributed by atoms with E-state index in [-0.39, 0.29) is 30.5 Å². The fourth-order valence-electron chi connectivity index (χ4n) is 6.47. The second-order valence-electron chi connectivity index (χ2n) is 12.0. The number of aromatic nitrogens is 4. The van der Waals surface area contributed by atoms with Crippen LogP contribution in [0.25, 0.3) is 33.6 Å². The van der Waals surface area contributed by atoms with E-state index in [4.69, 9.17) is 16.2 Å². The van der Waals surface area contributed by atoms with Crippen LogP contribution in [0.15, 0.2) is 60.9 Å². The monoisotopic (exact) mass is 610 g/mol. The topological polar surface area (TPSA) is 159 Å². The molecule has 0 unspecified atom stereocenters. The molecule has 0 bridgehead atoms. The molecule has 236 valence electrons. The van der Waals surface area contributed by atoms with Crippen LogP contribution in [0.5, 0.6) is 0 Å². The summed E-state index contributed by atoms with van der Waals surface area (Å²) in [4.78, 5) is 45.5. The number of nitrogens with one attached hydrogen (secondary N) is 2. The van der Waals surface area contributed by atoms with E-state index in [9.17, 15) is 9.59 Å². The van der Waals surface area contributed by atoms with Gasteiger partial charge in [0.1, 0.15) is 17.7 Å². The van der Waals surface area contributed by atoms with Crippen LogP contribution in [-0.4, -0.2) is 80.4 Å². The first-order valence-electron chi connectivity index (χ1n) is 15.8. The Morgan fingerprint density at radius 1 is 0.778 bits per heavy atom. The van der Waals surface area contributed by atoms with Crippen molar-refractivity contribution >= 4 is 11.8 Å². The summed E-state index contributed by atoms with van der Waals surface area (Å²) in [5, 5.41) is 0. The van der Waals surface area contributed by atoms with Crippen molar-refractivity contribution in [3.8, 4) is 33.6 Å². The van der Waals surface area contributed by atoms with Gasteiger partial charge in [-0.1, -0.05) is 55.5 Å². The molecule has 45 heavy (non-hydrogen) atoms. The molecule has 6 N–H and O–H groups in total. The molecule has 2 amide bonds. The molecule has 6 rings (SSSR count). The smallest absolute Gasteiger partial charge is 0.242 e. The van der Waals surface area contributed by atoms with E-state index in [1.807, 2.05) is 29.1 Å². The molecule has 2 fully saturated rings. The van der Waals surface area contributed by atoms with E-state index in [1.54, 1.807) is 7.11 Å². The van der Waals surface area contributed by atoms with Gasteiger partial charge in [0, 0.05) is 20.2 Å². The molecule has 11 heteroatoms. The maximum atomic E-state index is 12.8. The van der Waals surface area contributed by atoms with Gasteiger partial charge in [-0.3, -0.25) is 9.59 Å². The van der Waals surface area contributed by atoms with E-state index in [2.05, 4.69) is 68.5 Å². The highest BCUT2D eigenvalue weighted by atomic mass is 16.5. The second kappa shape index (κ2) is 13.4. The lowest BCUT2D eigenvalue weighted by atomic mass is 10.0. The normalized spacial score (nSPS) is 19.6. The Bertz CT molecular complexity index is 1610. The summed E-state index contributed by atoms with van der Waals surface area (Å²) >= 11 is 0. The van der Waals surface area contributed by atoms with Crippen LogP contribution >= 0.6 is 0 Å². The molecular formula is C34H42N8O3. The third kappa shape index (κ3) is 6.28. The van der Waals surface area contributed by atoms with Gasteiger partial charge < -0.3 is 36.0 Å². The molecule has 2 aliphatic rings. The molecule has 2 aromatic heterocycles. The molecule has 11 nitrogen and oxygen atoms in total. The van der Waals surface area contributed by atoms with Gasteiger partial charge in [-0.15, -0.1) is 0 Å². The first-order chi connectivity index (χ1) is 21.9. The number of methoxy groups -OCH3 is 1. The van der Waals surface area contributed by atoms with Crippen molar-refractivity contribution in [3.63, 3.8) is 0 Å². The zero-order chi connectivity index (χ0) is 31.5. The summed E-state index contributed by atoms with van der Waals surface area (Å²) in [6, 6.07) is 15.4. The predicted molar refractivity (Wildman–Crippen MR) is 173 cm³/mol. The quantitative estimate of drug-likeness (QED) is 0.210. The number of H-pyrrole nitrogens is 2.